The van der Waals surface area contributed by atoms with E-state index in [9.17, 15) is 4.57 Å². The zero-order valence-corrected chi connectivity index (χ0v) is 13.5. The smallest absolute Gasteiger partial charge is 0.405 e. The second kappa shape index (κ2) is 8.42. The van der Waals surface area contributed by atoms with Crippen molar-refractivity contribution in [1.29, 1.82) is 0 Å². The third-order valence-electron chi connectivity index (χ3n) is 2.87. The van der Waals surface area contributed by atoms with Gasteiger partial charge in [-0.1, -0.05) is 19.1 Å². The molecule has 1 aromatic carbocycles. The van der Waals surface area contributed by atoms with Gasteiger partial charge < -0.3 is 4.74 Å². The van der Waals surface area contributed by atoms with Gasteiger partial charge in [-0.05, 0) is 37.5 Å². The number of hydrogen-bond acceptors (Lipinski definition) is 4. The van der Waals surface area contributed by atoms with Gasteiger partial charge in [-0.15, -0.1) is 0 Å². The van der Waals surface area contributed by atoms with E-state index in [-0.39, 0.29) is 5.92 Å². The highest BCUT2D eigenvalue weighted by molar-refractivity contribution is 7.51. The van der Waals surface area contributed by atoms with E-state index in [1.165, 1.54) is 0 Å². The number of nitrogens with one attached hydrogen (secondary N) is 1. The molecular weight excluding hydrogens is 277 g/mol. The lowest BCUT2D eigenvalue weighted by Crippen LogP contribution is -2.20. The maximum atomic E-state index is 12.3. The largest absolute Gasteiger partial charge is 0.497 e. The molecule has 6 heteroatoms. The summed E-state index contributed by atoms with van der Waals surface area (Å²) in [6.07, 6.45) is 0. The molecule has 0 amide bonds. The lowest BCUT2D eigenvalue weighted by molar-refractivity contribution is 0.210. The highest BCUT2D eigenvalue weighted by Gasteiger charge is 2.23. The van der Waals surface area contributed by atoms with Crippen LogP contribution >= 0.6 is 7.75 Å². The van der Waals surface area contributed by atoms with Gasteiger partial charge in [-0.3, -0.25) is 9.05 Å². The molecule has 0 spiro atoms. The van der Waals surface area contributed by atoms with Gasteiger partial charge in [0.25, 0.3) is 0 Å². The second-order valence-electron chi connectivity index (χ2n) is 4.37. The quantitative estimate of drug-likeness (QED) is 0.707. The highest BCUT2D eigenvalue weighted by Crippen LogP contribution is 2.43. The molecule has 0 aliphatic carbocycles. The number of hydrogen-bond donors (Lipinski definition) is 1. The molecule has 20 heavy (non-hydrogen) atoms. The molecule has 5 nitrogen and oxygen atoms in total. The predicted octanol–water partition coefficient (Wildman–Crippen LogP) is 3.57. The molecular formula is C14H24NO4P. The first-order chi connectivity index (χ1) is 9.54. The van der Waals surface area contributed by atoms with Crippen LogP contribution in [0.15, 0.2) is 24.3 Å². The van der Waals surface area contributed by atoms with Crippen molar-refractivity contribution >= 4 is 7.75 Å². The van der Waals surface area contributed by atoms with E-state index in [0.29, 0.717) is 19.8 Å². The minimum absolute atomic E-state index is 0.190. The average Bonchev–Trinajstić information content (AvgIpc) is 2.45. The van der Waals surface area contributed by atoms with Crippen LogP contribution < -0.4 is 9.82 Å². The molecule has 0 saturated heterocycles. The van der Waals surface area contributed by atoms with Crippen molar-refractivity contribution in [3.05, 3.63) is 29.8 Å². The van der Waals surface area contributed by atoms with E-state index in [1.54, 1.807) is 21.0 Å². The van der Waals surface area contributed by atoms with Crippen LogP contribution in [0.5, 0.6) is 5.75 Å². The summed E-state index contributed by atoms with van der Waals surface area (Å²) in [7, 11) is -1.54. The fourth-order valence-corrected chi connectivity index (χ4v) is 3.20. The molecule has 1 N–H and O–H groups in total. The Labute approximate surface area is 121 Å². The monoisotopic (exact) mass is 301 g/mol. The zero-order chi connectivity index (χ0) is 15.0. The van der Waals surface area contributed by atoms with Crippen LogP contribution in [0, 0.1) is 0 Å². The van der Waals surface area contributed by atoms with E-state index >= 15 is 0 Å². The van der Waals surface area contributed by atoms with Crippen LogP contribution in [-0.2, 0) is 13.6 Å². The van der Waals surface area contributed by atoms with Crippen LogP contribution in [0.3, 0.4) is 0 Å². The first-order valence-electron chi connectivity index (χ1n) is 6.82. The van der Waals surface area contributed by atoms with Gasteiger partial charge >= 0.3 is 7.75 Å². The molecule has 1 atom stereocenters. The van der Waals surface area contributed by atoms with E-state index in [1.807, 2.05) is 24.3 Å². The summed E-state index contributed by atoms with van der Waals surface area (Å²) in [5.74, 6) is 1.01. The van der Waals surface area contributed by atoms with Crippen LogP contribution in [0.1, 0.15) is 32.3 Å². The Kier molecular flexibility index (Phi) is 7.24. The Balaban J connectivity index is 2.60. The normalized spacial score (nSPS) is 13.2. The summed E-state index contributed by atoms with van der Waals surface area (Å²) < 4.78 is 27.8. The molecule has 0 aliphatic heterocycles. The van der Waals surface area contributed by atoms with Crippen LogP contribution in [0.4, 0.5) is 0 Å². The molecule has 0 bridgehead atoms. The van der Waals surface area contributed by atoms with Crippen molar-refractivity contribution in [2.45, 2.75) is 26.7 Å². The van der Waals surface area contributed by atoms with Crippen molar-refractivity contribution in [2.24, 2.45) is 0 Å². The zero-order valence-electron chi connectivity index (χ0n) is 12.6. The molecule has 114 valence electrons. The predicted molar refractivity (Wildman–Crippen MR) is 80.3 cm³/mol. The molecule has 1 aromatic rings. The summed E-state index contributed by atoms with van der Waals surface area (Å²) >= 11 is 0. The summed E-state index contributed by atoms with van der Waals surface area (Å²) in [4.78, 5) is 0. The maximum Gasteiger partial charge on any atom is 0.405 e. The Morgan fingerprint density at radius 1 is 1.15 bits per heavy atom. The Bertz CT molecular complexity index is 425. The van der Waals surface area contributed by atoms with Crippen LogP contribution in [0.2, 0.25) is 0 Å². The van der Waals surface area contributed by atoms with Crippen molar-refractivity contribution in [2.75, 3.05) is 26.9 Å². The van der Waals surface area contributed by atoms with Crippen molar-refractivity contribution in [1.82, 2.24) is 5.09 Å². The fraction of sp³-hybridized carbons (Fsp3) is 0.571. The third kappa shape index (κ3) is 5.25. The summed E-state index contributed by atoms with van der Waals surface area (Å²) in [6, 6.07) is 7.82. The molecule has 0 fully saturated rings. The van der Waals surface area contributed by atoms with Crippen molar-refractivity contribution in [3.63, 3.8) is 0 Å². The maximum absolute atomic E-state index is 12.3. The van der Waals surface area contributed by atoms with Gasteiger partial charge in [-0.2, -0.15) is 0 Å². The minimum Gasteiger partial charge on any atom is -0.497 e. The third-order valence-corrected chi connectivity index (χ3v) is 4.64. The molecule has 1 unspecified atom stereocenters. The SMILES string of the molecule is CCOP(=O)(NCC(C)c1ccc(OC)cc1)OCC. The second-order valence-corrected chi connectivity index (χ2v) is 6.20. The molecule has 0 heterocycles. The van der Waals surface area contributed by atoms with Gasteiger partial charge in [0.15, 0.2) is 0 Å². The Hall–Kier alpha value is -0.870. The number of ether oxygens (including phenoxy) is 1. The van der Waals surface area contributed by atoms with Gasteiger partial charge in [0.2, 0.25) is 0 Å². The van der Waals surface area contributed by atoms with Crippen molar-refractivity contribution in [3.8, 4) is 5.75 Å². The highest BCUT2D eigenvalue weighted by atomic mass is 31.2. The lowest BCUT2D eigenvalue weighted by atomic mass is 10.0. The Morgan fingerprint density at radius 2 is 1.70 bits per heavy atom. The van der Waals surface area contributed by atoms with Crippen LogP contribution in [-0.4, -0.2) is 26.9 Å². The summed E-state index contributed by atoms with van der Waals surface area (Å²) in [5.41, 5.74) is 1.14. The number of methoxy groups -OCH3 is 1. The number of rotatable bonds is 9. The average molecular weight is 301 g/mol. The first-order valence-corrected chi connectivity index (χ1v) is 8.37. The van der Waals surface area contributed by atoms with E-state index in [4.69, 9.17) is 13.8 Å². The molecule has 0 aliphatic rings. The molecule has 0 saturated carbocycles. The fourth-order valence-electron chi connectivity index (χ4n) is 1.77. The van der Waals surface area contributed by atoms with E-state index < -0.39 is 7.75 Å². The van der Waals surface area contributed by atoms with Crippen molar-refractivity contribution < 1.29 is 18.3 Å². The number of benzene rings is 1. The topological polar surface area (TPSA) is 56.8 Å². The lowest BCUT2D eigenvalue weighted by Gasteiger charge is -2.20. The van der Waals surface area contributed by atoms with Crippen LogP contribution in [0.25, 0.3) is 0 Å². The molecule has 1 rings (SSSR count). The molecule has 0 aromatic heterocycles. The van der Waals surface area contributed by atoms with Gasteiger partial charge in [0, 0.05) is 6.54 Å². The van der Waals surface area contributed by atoms with Gasteiger partial charge in [-0.25, -0.2) is 9.65 Å². The van der Waals surface area contributed by atoms with Gasteiger partial charge in [0.05, 0.1) is 20.3 Å². The molecule has 0 radical (unpaired) electrons. The standard InChI is InChI=1S/C14H24NO4P/c1-5-18-20(16,19-6-2)15-11-12(3)13-7-9-14(17-4)10-8-13/h7-10,12H,5-6,11H2,1-4H3,(H,15,16). The first kappa shape index (κ1) is 17.2. The minimum atomic E-state index is -3.18. The summed E-state index contributed by atoms with van der Waals surface area (Å²) in [5, 5.41) is 2.90. The Morgan fingerprint density at radius 3 is 2.15 bits per heavy atom. The van der Waals surface area contributed by atoms with E-state index in [2.05, 4.69) is 12.0 Å². The summed E-state index contributed by atoms with van der Waals surface area (Å²) in [6.45, 7) is 6.85. The van der Waals surface area contributed by atoms with Gasteiger partial charge in [0.1, 0.15) is 5.75 Å². The van der Waals surface area contributed by atoms with E-state index in [0.717, 1.165) is 11.3 Å².